The number of hydrogen-bond donors (Lipinski definition) is 1. The van der Waals surface area contributed by atoms with Crippen LogP contribution >= 0.6 is 15.9 Å². The molecule has 0 unspecified atom stereocenters. The minimum absolute atomic E-state index is 0.149. The zero-order chi connectivity index (χ0) is 14.8. The van der Waals surface area contributed by atoms with Crippen LogP contribution in [0.2, 0.25) is 0 Å². The summed E-state index contributed by atoms with van der Waals surface area (Å²) in [6.45, 7) is -0.408. The average Bonchev–Trinajstić information content (AvgIpc) is 2.41. The molecule has 0 spiro atoms. The maximum absolute atomic E-state index is 12.4. The number of alkyl halides is 3. The third-order valence-electron chi connectivity index (χ3n) is 2.40. The first-order valence-electron chi connectivity index (χ1n) is 5.29. The Balaban J connectivity index is 2.90. The normalized spacial score (nSPS) is 12.2. The summed E-state index contributed by atoms with van der Waals surface area (Å²) in [5.41, 5.74) is 1.14. The van der Waals surface area contributed by atoms with Crippen LogP contribution in [-0.2, 0) is 18.4 Å². The van der Waals surface area contributed by atoms with Crippen molar-refractivity contribution in [2.75, 3.05) is 13.1 Å². The summed E-state index contributed by atoms with van der Waals surface area (Å²) in [6.07, 6.45) is -4.45. The second-order valence-electron chi connectivity index (χ2n) is 4.12. The fourth-order valence-electron chi connectivity index (χ4n) is 1.68. The molecule has 1 rings (SSSR count). The molecular formula is C10H13BrF3N3O2. The molecule has 0 saturated carbocycles. The molecule has 0 saturated heterocycles. The summed E-state index contributed by atoms with van der Waals surface area (Å²) in [5, 5.41) is 12.7. The Morgan fingerprint density at radius 2 is 2.11 bits per heavy atom. The molecule has 0 aliphatic rings. The van der Waals surface area contributed by atoms with Gasteiger partial charge in [-0.05, 0) is 22.9 Å². The van der Waals surface area contributed by atoms with Gasteiger partial charge in [0.2, 0.25) is 0 Å². The van der Waals surface area contributed by atoms with Gasteiger partial charge in [0.05, 0.1) is 29.0 Å². The van der Waals surface area contributed by atoms with Crippen molar-refractivity contribution in [3.8, 4) is 0 Å². The lowest BCUT2D eigenvalue weighted by Crippen LogP contribution is -2.37. The summed E-state index contributed by atoms with van der Waals surface area (Å²) < 4.78 is 39.2. The molecule has 1 heterocycles. The molecule has 0 amide bonds. The van der Waals surface area contributed by atoms with E-state index in [1.165, 1.54) is 4.68 Å². The van der Waals surface area contributed by atoms with Crippen LogP contribution < -0.4 is 0 Å². The van der Waals surface area contributed by atoms with E-state index in [0.717, 1.165) is 4.90 Å². The van der Waals surface area contributed by atoms with Gasteiger partial charge in [-0.15, -0.1) is 0 Å². The SMILES string of the molecule is Cc1nn(C)c(CN(CC(=O)O)CC(F)(F)F)c1Br. The fourth-order valence-corrected chi connectivity index (χ4v) is 2.14. The van der Waals surface area contributed by atoms with E-state index < -0.39 is 25.2 Å². The van der Waals surface area contributed by atoms with Gasteiger partial charge in [0.15, 0.2) is 0 Å². The lowest BCUT2D eigenvalue weighted by molar-refractivity contribution is -0.155. The quantitative estimate of drug-likeness (QED) is 0.887. The number of carboxylic acid groups (broad SMARTS) is 1. The van der Waals surface area contributed by atoms with E-state index in [4.69, 9.17) is 5.11 Å². The Labute approximate surface area is 116 Å². The summed E-state index contributed by atoms with van der Waals surface area (Å²) in [5.74, 6) is -1.31. The second kappa shape index (κ2) is 5.91. The van der Waals surface area contributed by atoms with Crippen LogP contribution in [0.25, 0.3) is 0 Å². The van der Waals surface area contributed by atoms with E-state index in [2.05, 4.69) is 21.0 Å². The van der Waals surface area contributed by atoms with Crippen molar-refractivity contribution in [2.24, 2.45) is 7.05 Å². The smallest absolute Gasteiger partial charge is 0.401 e. The third kappa shape index (κ3) is 4.83. The van der Waals surface area contributed by atoms with E-state index in [0.29, 0.717) is 15.9 Å². The summed E-state index contributed by atoms with van der Waals surface area (Å²) in [4.78, 5) is 11.4. The van der Waals surface area contributed by atoms with Gasteiger partial charge < -0.3 is 5.11 Å². The minimum Gasteiger partial charge on any atom is -0.480 e. The lowest BCUT2D eigenvalue weighted by atomic mass is 10.3. The maximum Gasteiger partial charge on any atom is 0.401 e. The number of carbonyl (C=O) groups is 1. The summed E-state index contributed by atoms with van der Waals surface area (Å²) in [7, 11) is 1.60. The second-order valence-corrected chi connectivity index (χ2v) is 4.92. The summed E-state index contributed by atoms with van der Waals surface area (Å²) in [6, 6.07) is 0. The van der Waals surface area contributed by atoms with E-state index in [1.807, 2.05) is 0 Å². The molecule has 1 aromatic heterocycles. The Hall–Kier alpha value is -1.09. The predicted molar refractivity (Wildman–Crippen MR) is 64.6 cm³/mol. The molecule has 1 aromatic rings. The van der Waals surface area contributed by atoms with Crippen molar-refractivity contribution in [1.82, 2.24) is 14.7 Å². The van der Waals surface area contributed by atoms with Crippen LogP contribution in [0.15, 0.2) is 4.47 Å². The predicted octanol–water partition coefficient (Wildman–Crippen LogP) is 1.94. The van der Waals surface area contributed by atoms with Crippen molar-refractivity contribution in [3.05, 3.63) is 15.9 Å². The monoisotopic (exact) mass is 343 g/mol. The van der Waals surface area contributed by atoms with Crippen LogP contribution in [0.3, 0.4) is 0 Å². The maximum atomic E-state index is 12.4. The Bertz CT molecular complexity index is 473. The van der Waals surface area contributed by atoms with Crippen molar-refractivity contribution in [3.63, 3.8) is 0 Å². The molecular weight excluding hydrogens is 331 g/mol. The molecule has 9 heteroatoms. The first kappa shape index (κ1) is 16.0. The van der Waals surface area contributed by atoms with Gasteiger partial charge in [-0.2, -0.15) is 18.3 Å². The topological polar surface area (TPSA) is 58.4 Å². The molecule has 0 aromatic carbocycles. The number of rotatable bonds is 5. The standard InChI is InChI=1S/C10H13BrF3N3O2/c1-6-9(11)7(16(2)15-6)3-17(4-8(18)19)5-10(12,13)14/h3-5H2,1-2H3,(H,18,19). The number of aryl methyl sites for hydroxylation is 2. The molecule has 108 valence electrons. The largest absolute Gasteiger partial charge is 0.480 e. The van der Waals surface area contributed by atoms with Gasteiger partial charge in [0, 0.05) is 13.6 Å². The van der Waals surface area contributed by atoms with Gasteiger partial charge in [0.1, 0.15) is 0 Å². The first-order chi connectivity index (χ1) is 8.60. The molecule has 19 heavy (non-hydrogen) atoms. The molecule has 0 aliphatic carbocycles. The fraction of sp³-hybridized carbons (Fsp3) is 0.600. The highest BCUT2D eigenvalue weighted by Gasteiger charge is 2.32. The highest BCUT2D eigenvalue weighted by molar-refractivity contribution is 9.10. The average molecular weight is 344 g/mol. The molecule has 0 atom stereocenters. The van der Waals surface area contributed by atoms with Crippen molar-refractivity contribution < 1.29 is 23.1 Å². The molecule has 0 radical (unpaired) electrons. The lowest BCUT2D eigenvalue weighted by Gasteiger charge is -2.21. The van der Waals surface area contributed by atoms with Crippen LogP contribution in [0.5, 0.6) is 0 Å². The van der Waals surface area contributed by atoms with Crippen molar-refractivity contribution >= 4 is 21.9 Å². The number of halogens is 4. The number of aliphatic carboxylic acids is 1. The number of nitrogens with zero attached hydrogens (tertiary/aromatic N) is 3. The Morgan fingerprint density at radius 3 is 2.47 bits per heavy atom. The molecule has 0 aliphatic heterocycles. The highest BCUT2D eigenvalue weighted by atomic mass is 79.9. The van der Waals surface area contributed by atoms with Crippen LogP contribution in [0.1, 0.15) is 11.4 Å². The molecule has 0 fully saturated rings. The van der Waals surface area contributed by atoms with Crippen LogP contribution in [0, 0.1) is 6.92 Å². The van der Waals surface area contributed by atoms with Crippen LogP contribution in [-0.4, -0.2) is 45.0 Å². The number of carboxylic acids is 1. The summed E-state index contributed by atoms with van der Waals surface area (Å²) >= 11 is 3.24. The molecule has 1 N–H and O–H groups in total. The third-order valence-corrected chi connectivity index (χ3v) is 3.43. The van der Waals surface area contributed by atoms with Gasteiger partial charge in [-0.3, -0.25) is 14.4 Å². The highest BCUT2D eigenvalue weighted by Crippen LogP contribution is 2.23. The van der Waals surface area contributed by atoms with E-state index in [1.54, 1.807) is 14.0 Å². The van der Waals surface area contributed by atoms with E-state index in [-0.39, 0.29) is 6.54 Å². The molecule has 0 bridgehead atoms. The zero-order valence-corrected chi connectivity index (χ0v) is 11.9. The van der Waals surface area contributed by atoms with E-state index >= 15 is 0 Å². The van der Waals surface area contributed by atoms with Crippen molar-refractivity contribution in [2.45, 2.75) is 19.6 Å². The van der Waals surface area contributed by atoms with Gasteiger partial charge >= 0.3 is 12.1 Å². The van der Waals surface area contributed by atoms with Crippen molar-refractivity contribution in [1.29, 1.82) is 0 Å². The zero-order valence-electron chi connectivity index (χ0n) is 10.3. The minimum atomic E-state index is -4.45. The Morgan fingerprint density at radius 1 is 1.53 bits per heavy atom. The van der Waals surface area contributed by atoms with Gasteiger partial charge in [-0.25, -0.2) is 0 Å². The van der Waals surface area contributed by atoms with Gasteiger partial charge in [0.25, 0.3) is 0 Å². The number of aromatic nitrogens is 2. The van der Waals surface area contributed by atoms with E-state index in [9.17, 15) is 18.0 Å². The van der Waals surface area contributed by atoms with Gasteiger partial charge in [-0.1, -0.05) is 0 Å². The Kier molecular flexibility index (Phi) is 4.97. The first-order valence-corrected chi connectivity index (χ1v) is 6.08. The molecule has 5 nitrogen and oxygen atoms in total. The van der Waals surface area contributed by atoms with Crippen LogP contribution in [0.4, 0.5) is 13.2 Å². The number of hydrogen-bond acceptors (Lipinski definition) is 3.